The average Bonchev–Trinajstić information content (AvgIpc) is 2.22. The van der Waals surface area contributed by atoms with Gasteiger partial charge in [0.15, 0.2) is 0 Å². The molecule has 0 bridgehead atoms. The lowest BCUT2D eigenvalue weighted by atomic mass is 9.75. The molecule has 5 nitrogen and oxygen atoms in total. The Labute approximate surface area is 122 Å². The predicted molar refractivity (Wildman–Crippen MR) is 78.8 cm³/mol. The molecule has 1 rings (SSSR count). The highest BCUT2D eigenvalue weighted by atomic mass is 16.4. The Balaban J connectivity index is 0.000000396. The molecule has 1 fully saturated rings. The van der Waals surface area contributed by atoms with Gasteiger partial charge in [-0.15, -0.1) is 0 Å². The summed E-state index contributed by atoms with van der Waals surface area (Å²) in [7, 11) is 2.26. The van der Waals surface area contributed by atoms with Gasteiger partial charge in [-0.2, -0.15) is 0 Å². The Morgan fingerprint density at radius 2 is 1.30 bits per heavy atom. The van der Waals surface area contributed by atoms with Crippen LogP contribution in [0.4, 0.5) is 0 Å². The van der Waals surface area contributed by atoms with E-state index in [4.69, 9.17) is 10.2 Å². The zero-order valence-corrected chi connectivity index (χ0v) is 13.6. The third kappa shape index (κ3) is 6.37. The van der Waals surface area contributed by atoms with Crippen LogP contribution in [0.15, 0.2) is 0 Å². The molecule has 118 valence electrons. The molecule has 20 heavy (non-hydrogen) atoms. The number of nitrogens with zero attached hydrogens (tertiary/aromatic N) is 1. The number of likely N-dealkylation sites (tertiary alicyclic amines) is 1. The van der Waals surface area contributed by atoms with Crippen molar-refractivity contribution in [2.75, 3.05) is 7.05 Å². The number of carboxylic acids is 2. The van der Waals surface area contributed by atoms with Gasteiger partial charge >= 0.3 is 11.9 Å². The van der Waals surface area contributed by atoms with E-state index >= 15 is 0 Å². The molecule has 1 aliphatic heterocycles. The molecule has 1 heterocycles. The van der Waals surface area contributed by atoms with Crippen LogP contribution in [-0.2, 0) is 9.59 Å². The van der Waals surface area contributed by atoms with Gasteiger partial charge in [0.1, 0.15) is 0 Å². The van der Waals surface area contributed by atoms with Crippen molar-refractivity contribution in [2.24, 2.45) is 5.92 Å². The first kappa shape index (κ1) is 18.9. The van der Waals surface area contributed by atoms with Gasteiger partial charge in [-0.05, 0) is 53.5 Å². The molecule has 1 saturated heterocycles. The normalized spacial score (nSPS) is 21.7. The first-order valence-corrected chi connectivity index (χ1v) is 7.06. The van der Waals surface area contributed by atoms with E-state index in [1.165, 1.54) is 12.8 Å². The van der Waals surface area contributed by atoms with Crippen LogP contribution in [0, 0.1) is 5.92 Å². The minimum atomic E-state index is -1.08. The van der Waals surface area contributed by atoms with Crippen LogP contribution in [0.2, 0.25) is 0 Å². The summed E-state index contributed by atoms with van der Waals surface area (Å²) in [4.78, 5) is 21.8. The van der Waals surface area contributed by atoms with Crippen molar-refractivity contribution in [1.29, 1.82) is 0 Å². The molecule has 0 saturated carbocycles. The molecule has 0 spiro atoms. The second-order valence-electron chi connectivity index (χ2n) is 6.98. The minimum absolute atomic E-state index is 0.296. The quantitative estimate of drug-likeness (QED) is 0.834. The summed E-state index contributed by atoms with van der Waals surface area (Å²) in [5.74, 6) is -1.29. The van der Waals surface area contributed by atoms with Crippen molar-refractivity contribution in [3.05, 3.63) is 0 Å². The van der Waals surface area contributed by atoms with E-state index in [9.17, 15) is 9.59 Å². The third-order valence-corrected chi connectivity index (χ3v) is 4.06. The van der Waals surface area contributed by atoms with Gasteiger partial charge < -0.3 is 10.2 Å². The summed E-state index contributed by atoms with van der Waals surface area (Å²) in [5.41, 5.74) is 0.752. The van der Waals surface area contributed by atoms with Gasteiger partial charge in [-0.3, -0.25) is 14.5 Å². The summed E-state index contributed by atoms with van der Waals surface area (Å²) >= 11 is 0. The zero-order valence-electron chi connectivity index (χ0n) is 13.6. The Hall–Kier alpha value is -1.10. The molecule has 0 unspecified atom stereocenters. The minimum Gasteiger partial charge on any atom is -0.481 e. The van der Waals surface area contributed by atoms with E-state index in [0.29, 0.717) is 11.1 Å². The fraction of sp³-hybridized carbons (Fsp3) is 0.867. The smallest absolute Gasteiger partial charge is 0.303 e. The first-order valence-electron chi connectivity index (χ1n) is 7.06. The van der Waals surface area contributed by atoms with Crippen molar-refractivity contribution in [3.8, 4) is 0 Å². The topological polar surface area (TPSA) is 77.8 Å². The molecule has 0 aromatic carbocycles. The summed E-state index contributed by atoms with van der Waals surface area (Å²) in [6.45, 7) is 11.8. The third-order valence-electron chi connectivity index (χ3n) is 4.06. The summed E-state index contributed by atoms with van der Waals surface area (Å²) < 4.78 is 0. The van der Waals surface area contributed by atoms with Crippen molar-refractivity contribution in [2.45, 2.75) is 71.4 Å². The monoisotopic (exact) mass is 287 g/mol. The Morgan fingerprint density at radius 3 is 1.55 bits per heavy atom. The number of carbonyl (C=O) groups is 2. The van der Waals surface area contributed by atoms with Crippen molar-refractivity contribution < 1.29 is 19.8 Å². The van der Waals surface area contributed by atoms with Crippen LogP contribution in [0.5, 0.6) is 0 Å². The van der Waals surface area contributed by atoms with Crippen molar-refractivity contribution >= 4 is 11.9 Å². The lowest BCUT2D eigenvalue weighted by molar-refractivity contribution is -0.143. The number of carboxylic acid groups (broad SMARTS) is 2. The number of piperidine rings is 1. The number of hydrogen-bond acceptors (Lipinski definition) is 3. The Kier molecular flexibility index (Phi) is 6.68. The molecule has 1 aliphatic rings. The maximum Gasteiger partial charge on any atom is 0.303 e. The molecule has 0 atom stereocenters. The molecule has 0 radical (unpaired) electrons. The maximum atomic E-state index is 9.64. The van der Waals surface area contributed by atoms with Gasteiger partial charge in [0.2, 0.25) is 0 Å². The molecule has 0 aliphatic carbocycles. The molecule has 2 N–H and O–H groups in total. The molecular formula is C15H29NO4. The van der Waals surface area contributed by atoms with E-state index in [1.807, 2.05) is 0 Å². The standard InChI is InChI=1S/C11H23N.C4H6O4/c1-9-7-10(2,3)12(6)11(4,5)8-9;5-3(6)1-2-4(7)8/h9H,7-8H2,1-6H3;1-2H2,(H,5,6)(H,7,8). The second kappa shape index (κ2) is 7.07. The fourth-order valence-electron chi connectivity index (χ4n) is 3.08. The fourth-order valence-corrected chi connectivity index (χ4v) is 3.08. The van der Waals surface area contributed by atoms with E-state index in [-0.39, 0.29) is 12.8 Å². The number of hydrogen-bond donors (Lipinski definition) is 2. The zero-order chi connectivity index (χ0) is 16.1. The van der Waals surface area contributed by atoms with E-state index in [2.05, 4.69) is 46.6 Å². The summed E-state index contributed by atoms with van der Waals surface area (Å²) in [6, 6.07) is 0. The van der Waals surface area contributed by atoms with Gasteiger partial charge in [0, 0.05) is 11.1 Å². The van der Waals surface area contributed by atoms with Crippen LogP contribution < -0.4 is 0 Å². The maximum absolute atomic E-state index is 9.64. The molecular weight excluding hydrogens is 258 g/mol. The van der Waals surface area contributed by atoms with Crippen LogP contribution in [-0.4, -0.2) is 45.2 Å². The largest absolute Gasteiger partial charge is 0.481 e. The molecule has 0 aromatic heterocycles. The van der Waals surface area contributed by atoms with Crippen LogP contribution in [0.1, 0.15) is 60.3 Å². The molecule has 0 amide bonds. The highest BCUT2D eigenvalue weighted by molar-refractivity contribution is 5.75. The number of aliphatic carboxylic acids is 2. The Bertz CT molecular complexity index is 318. The van der Waals surface area contributed by atoms with Gasteiger partial charge in [0.05, 0.1) is 12.8 Å². The average molecular weight is 287 g/mol. The van der Waals surface area contributed by atoms with Crippen LogP contribution in [0.25, 0.3) is 0 Å². The number of rotatable bonds is 3. The predicted octanol–water partition coefficient (Wildman–Crippen LogP) is 2.84. The van der Waals surface area contributed by atoms with Gasteiger partial charge in [0.25, 0.3) is 0 Å². The highest BCUT2D eigenvalue weighted by Gasteiger charge is 2.41. The highest BCUT2D eigenvalue weighted by Crippen LogP contribution is 2.39. The summed E-state index contributed by atoms with van der Waals surface area (Å²) in [5, 5.41) is 15.8. The van der Waals surface area contributed by atoms with Gasteiger partial charge in [-0.25, -0.2) is 0 Å². The molecule has 5 heteroatoms. The lowest BCUT2D eigenvalue weighted by Crippen LogP contribution is -2.58. The lowest BCUT2D eigenvalue weighted by Gasteiger charge is -2.53. The van der Waals surface area contributed by atoms with Gasteiger partial charge in [-0.1, -0.05) is 6.92 Å². The second-order valence-corrected chi connectivity index (χ2v) is 6.98. The molecule has 0 aromatic rings. The van der Waals surface area contributed by atoms with Crippen molar-refractivity contribution in [3.63, 3.8) is 0 Å². The van der Waals surface area contributed by atoms with E-state index in [1.54, 1.807) is 0 Å². The van der Waals surface area contributed by atoms with Crippen LogP contribution >= 0.6 is 0 Å². The first-order chi connectivity index (χ1) is 8.88. The van der Waals surface area contributed by atoms with E-state index < -0.39 is 11.9 Å². The van der Waals surface area contributed by atoms with Crippen LogP contribution in [0.3, 0.4) is 0 Å². The summed E-state index contributed by atoms with van der Waals surface area (Å²) in [6.07, 6.45) is 2.06. The van der Waals surface area contributed by atoms with Crippen molar-refractivity contribution in [1.82, 2.24) is 4.90 Å². The SMILES string of the molecule is CC1CC(C)(C)N(C)C(C)(C)C1.O=C(O)CCC(=O)O. The Morgan fingerprint density at radius 1 is 1.00 bits per heavy atom. The van der Waals surface area contributed by atoms with E-state index in [0.717, 1.165) is 5.92 Å².